The van der Waals surface area contributed by atoms with E-state index in [4.69, 9.17) is 0 Å². The zero-order chi connectivity index (χ0) is 9.14. The fourth-order valence-electron chi connectivity index (χ4n) is 0.664. The first-order valence-electron chi connectivity index (χ1n) is 3.03. The van der Waals surface area contributed by atoms with Gasteiger partial charge in [-0.2, -0.15) is 8.78 Å². The minimum Gasteiger partial charge on any atom is -0.435 e. The molecule has 66 valence electrons. The molecule has 0 heterocycles. The summed E-state index contributed by atoms with van der Waals surface area (Å²) in [5.41, 5.74) is 0. The van der Waals surface area contributed by atoms with E-state index in [9.17, 15) is 13.2 Å². The van der Waals surface area contributed by atoms with Gasteiger partial charge in [-0.25, -0.2) is 4.39 Å². The van der Waals surface area contributed by atoms with Gasteiger partial charge in [-0.3, -0.25) is 0 Å². The maximum absolute atomic E-state index is 12.6. The minimum absolute atomic E-state index is 0.0941. The second-order valence-corrected chi connectivity index (χ2v) is 2.47. The molecule has 0 spiro atoms. The second kappa shape index (κ2) is 3.71. The van der Waals surface area contributed by atoms with E-state index in [2.05, 4.69) is 17.4 Å². The van der Waals surface area contributed by atoms with Crippen molar-refractivity contribution in [2.24, 2.45) is 0 Å². The molecule has 0 aromatic heterocycles. The van der Waals surface area contributed by atoms with E-state index in [1.165, 1.54) is 12.1 Å². The van der Waals surface area contributed by atoms with Crippen molar-refractivity contribution in [3.8, 4) is 5.75 Å². The predicted octanol–water partition coefficient (Wildman–Crippen LogP) is 2.72. The number of rotatable bonds is 2. The molecule has 0 atom stereocenters. The summed E-state index contributed by atoms with van der Waals surface area (Å²) >= 11 is 3.72. The molecule has 0 amide bonds. The second-order valence-electron chi connectivity index (χ2n) is 1.99. The van der Waals surface area contributed by atoms with E-state index < -0.39 is 12.4 Å². The third-order valence-corrected chi connectivity index (χ3v) is 1.51. The molecule has 5 heteroatoms. The maximum Gasteiger partial charge on any atom is 0.387 e. The largest absolute Gasteiger partial charge is 0.435 e. The van der Waals surface area contributed by atoms with Crippen LogP contribution in [0.25, 0.3) is 0 Å². The molecule has 0 saturated heterocycles. The van der Waals surface area contributed by atoms with Crippen molar-refractivity contribution in [1.82, 2.24) is 0 Å². The lowest BCUT2D eigenvalue weighted by Crippen LogP contribution is -2.01. The fraction of sp³-hybridized carbons (Fsp3) is 0.143. The molecule has 1 aromatic carbocycles. The molecule has 1 rings (SSSR count). The highest BCUT2D eigenvalue weighted by molar-refractivity contribution is 7.80. The van der Waals surface area contributed by atoms with Gasteiger partial charge in [0, 0.05) is 11.0 Å². The Morgan fingerprint density at radius 2 is 2.00 bits per heavy atom. The zero-order valence-corrected chi connectivity index (χ0v) is 6.69. The molecule has 0 unspecified atom stereocenters. The summed E-state index contributed by atoms with van der Waals surface area (Å²) in [6, 6.07) is 3.32. The molecule has 0 fully saturated rings. The van der Waals surface area contributed by atoms with Crippen LogP contribution in [0.5, 0.6) is 5.75 Å². The Labute approximate surface area is 72.6 Å². The SMILES string of the molecule is Fc1cc(OC(F)F)ccc1S. The van der Waals surface area contributed by atoms with Crippen LogP contribution >= 0.6 is 12.6 Å². The van der Waals surface area contributed by atoms with E-state index in [1.54, 1.807) is 0 Å². The summed E-state index contributed by atoms with van der Waals surface area (Å²) < 4.78 is 39.7. The van der Waals surface area contributed by atoms with Crippen molar-refractivity contribution in [3.05, 3.63) is 24.0 Å². The zero-order valence-electron chi connectivity index (χ0n) is 5.80. The van der Waals surface area contributed by atoms with Crippen molar-refractivity contribution in [2.75, 3.05) is 0 Å². The van der Waals surface area contributed by atoms with Gasteiger partial charge in [0.05, 0.1) is 0 Å². The fourth-order valence-corrected chi connectivity index (χ4v) is 0.803. The lowest BCUT2D eigenvalue weighted by molar-refractivity contribution is -0.0500. The van der Waals surface area contributed by atoms with E-state index in [-0.39, 0.29) is 10.6 Å². The van der Waals surface area contributed by atoms with Crippen molar-refractivity contribution in [1.29, 1.82) is 0 Å². The Morgan fingerprint density at radius 1 is 1.33 bits per heavy atom. The van der Waals surface area contributed by atoms with Crippen molar-refractivity contribution in [3.63, 3.8) is 0 Å². The molecule has 1 aromatic rings. The number of alkyl halides is 2. The van der Waals surface area contributed by atoms with Gasteiger partial charge >= 0.3 is 6.61 Å². The molecule has 0 aliphatic heterocycles. The predicted molar refractivity (Wildman–Crippen MR) is 40.3 cm³/mol. The molecule has 1 nitrogen and oxygen atoms in total. The average Bonchev–Trinajstić information content (AvgIpc) is 1.96. The van der Waals surface area contributed by atoms with Gasteiger partial charge in [0.15, 0.2) is 0 Å². The number of halogens is 3. The monoisotopic (exact) mass is 194 g/mol. The van der Waals surface area contributed by atoms with Crippen molar-refractivity contribution in [2.45, 2.75) is 11.5 Å². The van der Waals surface area contributed by atoms with E-state index in [0.29, 0.717) is 0 Å². The van der Waals surface area contributed by atoms with Crippen LogP contribution < -0.4 is 4.74 Å². The molecule has 0 aliphatic rings. The Hall–Kier alpha value is -0.840. The number of benzene rings is 1. The number of thiol groups is 1. The van der Waals surface area contributed by atoms with Crippen LogP contribution in [0.2, 0.25) is 0 Å². The molecular formula is C7H5F3OS. The van der Waals surface area contributed by atoms with Crippen LogP contribution in [0, 0.1) is 5.82 Å². The number of ether oxygens (including phenoxy) is 1. The average molecular weight is 194 g/mol. The first kappa shape index (κ1) is 9.25. The van der Waals surface area contributed by atoms with E-state index in [0.717, 1.165) is 6.07 Å². The standard InChI is InChI=1S/C7H5F3OS/c8-5-3-4(11-7(9)10)1-2-6(5)12/h1-3,7,12H. The molecule has 0 saturated carbocycles. The summed E-state index contributed by atoms with van der Waals surface area (Å²) in [6.07, 6.45) is 0. The van der Waals surface area contributed by atoms with Gasteiger partial charge in [0.25, 0.3) is 0 Å². The van der Waals surface area contributed by atoms with Crippen molar-refractivity contribution >= 4 is 12.6 Å². The first-order valence-corrected chi connectivity index (χ1v) is 3.47. The quantitative estimate of drug-likeness (QED) is 0.712. The van der Waals surface area contributed by atoms with Gasteiger partial charge in [0.1, 0.15) is 11.6 Å². The van der Waals surface area contributed by atoms with Gasteiger partial charge in [-0.15, -0.1) is 12.6 Å². The van der Waals surface area contributed by atoms with Crippen LogP contribution in [0.1, 0.15) is 0 Å². The topological polar surface area (TPSA) is 9.23 Å². The number of hydrogen-bond acceptors (Lipinski definition) is 2. The van der Waals surface area contributed by atoms with Crippen LogP contribution in [-0.2, 0) is 0 Å². The Balaban J connectivity index is 2.82. The van der Waals surface area contributed by atoms with E-state index >= 15 is 0 Å². The maximum atomic E-state index is 12.6. The van der Waals surface area contributed by atoms with Crippen LogP contribution in [0.15, 0.2) is 23.1 Å². The van der Waals surface area contributed by atoms with Gasteiger partial charge < -0.3 is 4.74 Å². The van der Waals surface area contributed by atoms with Gasteiger partial charge in [0.2, 0.25) is 0 Å². The van der Waals surface area contributed by atoms with Crippen LogP contribution in [0.4, 0.5) is 13.2 Å². The molecule has 0 radical (unpaired) electrons. The Morgan fingerprint density at radius 3 is 2.50 bits per heavy atom. The third-order valence-electron chi connectivity index (χ3n) is 1.14. The summed E-state index contributed by atoms with van der Waals surface area (Å²) in [5, 5.41) is 0. The molecular weight excluding hydrogens is 189 g/mol. The molecule has 12 heavy (non-hydrogen) atoms. The lowest BCUT2D eigenvalue weighted by Gasteiger charge is -2.04. The summed E-state index contributed by atoms with van der Waals surface area (Å²) in [4.78, 5) is 0.0941. The lowest BCUT2D eigenvalue weighted by atomic mass is 10.3. The number of hydrogen-bond donors (Lipinski definition) is 1. The summed E-state index contributed by atoms with van der Waals surface area (Å²) in [5.74, 6) is -0.892. The molecule has 0 N–H and O–H groups in total. The highest BCUT2D eigenvalue weighted by atomic mass is 32.1. The van der Waals surface area contributed by atoms with E-state index in [1.807, 2.05) is 0 Å². The highest BCUT2D eigenvalue weighted by Gasteiger charge is 2.05. The van der Waals surface area contributed by atoms with Crippen LogP contribution in [-0.4, -0.2) is 6.61 Å². The smallest absolute Gasteiger partial charge is 0.387 e. The molecule has 0 aliphatic carbocycles. The van der Waals surface area contributed by atoms with Gasteiger partial charge in [-0.1, -0.05) is 0 Å². The first-order chi connectivity index (χ1) is 5.59. The highest BCUT2D eigenvalue weighted by Crippen LogP contribution is 2.20. The normalized spacial score (nSPS) is 10.4. The van der Waals surface area contributed by atoms with Crippen molar-refractivity contribution < 1.29 is 17.9 Å². The van der Waals surface area contributed by atoms with Gasteiger partial charge in [-0.05, 0) is 12.1 Å². The summed E-state index contributed by atoms with van der Waals surface area (Å²) in [6.45, 7) is -2.94. The Bertz CT molecular complexity index is 277. The summed E-state index contributed by atoms with van der Waals surface area (Å²) in [7, 11) is 0. The molecule has 0 bridgehead atoms. The Kier molecular flexibility index (Phi) is 2.86. The van der Waals surface area contributed by atoms with Crippen LogP contribution in [0.3, 0.4) is 0 Å². The minimum atomic E-state index is -2.94. The third kappa shape index (κ3) is 2.34.